The number of nitriles is 1. The lowest BCUT2D eigenvalue weighted by atomic mass is 9.67. The molecule has 0 unspecified atom stereocenters. The zero-order valence-corrected chi connectivity index (χ0v) is 30.9. The lowest BCUT2D eigenvalue weighted by molar-refractivity contribution is 0.353. The lowest BCUT2D eigenvalue weighted by Crippen LogP contribution is -2.28. The standard InChI is InChI=1S/C51H37N5/c52-32-34-11-26-46-45(30-34)44-25-24-42(31-47(44)51(46)27-5-2-6-28-51)37-14-12-35(13-15-37)36-16-20-40(21-17-36)49-54-48(39-8-3-1-4-9-39)55-50(56-49)41-22-18-38(19-23-41)43-10-7-29-53-33-43/h1,3-4,7-26,29-31,33H,2,5-6,27-28H2. The van der Waals surface area contributed by atoms with E-state index in [1.807, 2.05) is 48.7 Å². The fourth-order valence-electron chi connectivity index (χ4n) is 8.81. The Labute approximate surface area is 327 Å². The molecule has 1 saturated carbocycles. The minimum atomic E-state index is 0.0423. The van der Waals surface area contributed by atoms with Gasteiger partial charge in [0.1, 0.15) is 0 Å². The number of fused-ring (bicyclic) bond motifs is 5. The molecule has 0 bridgehead atoms. The first-order chi connectivity index (χ1) is 27.6. The van der Waals surface area contributed by atoms with Crippen molar-refractivity contribution in [3.63, 3.8) is 0 Å². The van der Waals surface area contributed by atoms with Crippen molar-refractivity contribution >= 4 is 0 Å². The van der Waals surface area contributed by atoms with E-state index < -0.39 is 0 Å². The molecule has 2 aromatic heterocycles. The first-order valence-corrected chi connectivity index (χ1v) is 19.4. The van der Waals surface area contributed by atoms with Crippen LogP contribution in [0.1, 0.15) is 48.8 Å². The summed E-state index contributed by atoms with van der Waals surface area (Å²) in [5.41, 5.74) is 15.8. The number of pyridine rings is 1. The minimum absolute atomic E-state index is 0.0423. The molecule has 0 radical (unpaired) electrons. The van der Waals surface area contributed by atoms with Gasteiger partial charge >= 0.3 is 0 Å². The average molecular weight is 720 g/mol. The summed E-state index contributed by atoms with van der Waals surface area (Å²) in [4.78, 5) is 19.1. The van der Waals surface area contributed by atoms with Crippen LogP contribution in [0.15, 0.2) is 164 Å². The highest BCUT2D eigenvalue weighted by Gasteiger charge is 2.43. The van der Waals surface area contributed by atoms with Crippen LogP contribution in [0.3, 0.4) is 0 Å². The van der Waals surface area contributed by atoms with Gasteiger partial charge in [0.15, 0.2) is 17.5 Å². The van der Waals surface area contributed by atoms with Gasteiger partial charge in [0.05, 0.1) is 11.6 Å². The van der Waals surface area contributed by atoms with Gasteiger partial charge < -0.3 is 0 Å². The third-order valence-corrected chi connectivity index (χ3v) is 11.7. The zero-order valence-electron chi connectivity index (χ0n) is 30.9. The Hall–Kier alpha value is -7.03. The van der Waals surface area contributed by atoms with Gasteiger partial charge in [0, 0.05) is 34.5 Å². The third-order valence-electron chi connectivity index (χ3n) is 11.7. The van der Waals surface area contributed by atoms with E-state index in [1.165, 1.54) is 52.6 Å². The van der Waals surface area contributed by atoms with Crippen molar-refractivity contribution in [2.75, 3.05) is 0 Å². The molecule has 0 N–H and O–H groups in total. The highest BCUT2D eigenvalue weighted by molar-refractivity contribution is 5.85. The number of aromatic nitrogens is 4. The largest absolute Gasteiger partial charge is 0.264 e. The molecule has 5 heteroatoms. The lowest BCUT2D eigenvalue weighted by Gasteiger charge is -2.36. The monoisotopic (exact) mass is 719 g/mol. The molecule has 10 rings (SSSR count). The summed E-state index contributed by atoms with van der Waals surface area (Å²) in [6.45, 7) is 0. The highest BCUT2D eigenvalue weighted by Crippen LogP contribution is 2.56. The number of hydrogen-bond acceptors (Lipinski definition) is 5. The summed E-state index contributed by atoms with van der Waals surface area (Å²) in [5.74, 6) is 1.90. The van der Waals surface area contributed by atoms with E-state index >= 15 is 0 Å². The average Bonchev–Trinajstić information content (AvgIpc) is 3.54. The topological polar surface area (TPSA) is 75.3 Å². The van der Waals surface area contributed by atoms with Crippen molar-refractivity contribution in [2.45, 2.75) is 37.5 Å². The summed E-state index contributed by atoms with van der Waals surface area (Å²) in [6, 6.07) is 55.4. The second-order valence-electron chi connectivity index (χ2n) is 14.9. The predicted molar refractivity (Wildman–Crippen MR) is 224 cm³/mol. The number of hydrogen-bond donors (Lipinski definition) is 0. The van der Waals surface area contributed by atoms with Crippen LogP contribution in [0.2, 0.25) is 0 Å². The Bertz CT molecular complexity index is 2740. The highest BCUT2D eigenvalue weighted by atomic mass is 15.0. The minimum Gasteiger partial charge on any atom is -0.264 e. The molecular formula is C51H37N5. The molecule has 8 aromatic rings. The van der Waals surface area contributed by atoms with Crippen LogP contribution in [-0.2, 0) is 5.41 Å². The molecule has 6 aromatic carbocycles. The van der Waals surface area contributed by atoms with Crippen molar-refractivity contribution in [2.24, 2.45) is 0 Å². The van der Waals surface area contributed by atoms with Crippen LogP contribution in [0.25, 0.3) is 78.7 Å². The van der Waals surface area contributed by atoms with Gasteiger partial charge in [-0.25, -0.2) is 15.0 Å². The Morgan fingerprint density at radius 1 is 0.429 bits per heavy atom. The molecule has 2 heterocycles. The number of nitrogens with zero attached hydrogens (tertiary/aromatic N) is 5. The maximum Gasteiger partial charge on any atom is 0.164 e. The van der Waals surface area contributed by atoms with E-state index in [2.05, 4.69) is 120 Å². The first kappa shape index (κ1) is 33.5. The molecule has 0 atom stereocenters. The van der Waals surface area contributed by atoms with E-state index in [9.17, 15) is 5.26 Å². The Balaban J connectivity index is 0.943. The summed E-state index contributed by atoms with van der Waals surface area (Å²) >= 11 is 0. The van der Waals surface area contributed by atoms with Crippen LogP contribution < -0.4 is 0 Å². The molecule has 0 saturated heterocycles. The van der Waals surface area contributed by atoms with E-state index in [1.54, 1.807) is 6.20 Å². The van der Waals surface area contributed by atoms with Crippen molar-refractivity contribution < 1.29 is 0 Å². The Morgan fingerprint density at radius 3 is 1.52 bits per heavy atom. The van der Waals surface area contributed by atoms with Gasteiger partial charge in [-0.05, 0) is 92.7 Å². The number of benzene rings is 6. The molecule has 2 aliphatic carbocycles. The molecule has 0 amide bonds. The van der Waals surface area contributed by atoms with E-state index in [0.717, 1.165) is 57.3 Å². The van der Waals surface area contributed by atoms with Gasteiger partial charge in [-0.3, -0.25) is 4.98 Å². The van der Waals surface area contributed by atoms with Gasteiger partial charge in [-0.15, -0.1) is 0 Å². The summed E-state index contributed by atoms with van der Waals surface area (Å²) in [6.07, 6.45) is 9.74. The maximum atomic E-state index is 9.66. The normalized spacial score (nSPS) is 13.8. The molecule has 56 heavy (non-hydrogen) atoms. The van der Waals surface area contributed by atoms with Gasteiger partial charge in [0.25, 0.3) is 0 Å². The summed E-state index contributed by atoms with van der Waals surface area (Å²) in [7, 11) is 0. The second kappa shape index (κ2) is 14.0. The molecule has 2 aliphatic rings. The molecular weight excluding hydrogens is 683 g/mol. The summed E-state index contributed by atoms with van der Waals surface area (Å²) in [5, 5.41) is 9.66. The maximum absolute atomic E-state index is 9.66. The quantitative estimate of drug-likeness (QED) is 0.171. The van der Waals surface area contributed by atoms with Crippen LogP contribution in [0.4, 0.5) is 0 Å². The van der Waals surface area contributed by atoms with Crippen LogP contribution in [-0.4, -0.2) is 19.9 Å². The predicted octanol–water partition coefficient (Wildman–Crippen LogP) is 12.4. The van der Waals surface area contributed by atoms with Crippen molar-refractivity contribution in [3.05, 3.63) is 181 Å². The Morgan fingerprint density at radius 2 is 0.946 bits per heavy atom. The van der Waals surface area contributed by atoms with E-state index in [4.69, 9.17) is 15.0 Å². The van der Waals surface area contributed by atoms with E-state index in [0.29, 0.717) is 17.5 Å². The fourth-order valence-corrected chi connectivity index (χ4v) is 8.81. The third kappa shape index (κ3) is 5.97. The molecule has 0 aliphatic heterocycles. The first-order valence-electron chi connectivity index (χ1n) is 19.4. The van der Waals surface area contributed by atoms with E-state index in [-0.39, 0.29) is 5.41 Å². The van der Waals surface area contributed by atoms with Crippen LogP contribution in [0, 0.1) is 11.3 Å². The summed E-state index contributed by atoms with van der Waals surface area (Å²) < 4.78 is 0. The van der Waals surface area contributed by atoms with Crippen molar-refractivity contribution in [1.82, 2.24) is 19.9 Å². The van der Waals surface area contributed by atoms with Gasteiger partial charge in [-0.1, -0.05) is 147 Å². The molecule has 266 valence electrons. The van der Waals surface area contributed by atoms with Crippen LogP contribution >= 0.6 is 0 Å². The zero-order chi connectivity index (χ0) is 37.5. The fraction of sp³-hybridized carbons (Fsp3) is 0.118. The van der Waals surface area contributed by atoms with Gasteiger partial charge in [0.2, 0.25) is 0 Å². The molecule has 1 fully saturated rings. The van der Waals surface area contributed by atoms with Crippen molar-refractivity contribution in [1.29, 1.82) is 5.26 Å². The molecule has 5 nitrogen and oxygen atoms in total. The second-order valence-corrected chi connectivity index (χ2v) is 14.9. The molecule has 1 spiro atoms. The SMILES string of the molecule is N#Cc1ccc2c(c1)-c1ccc(-c3ccc(-c4ccc(-c5nc(-c6ccccc6)nc(-c6ccc(-c7cccnc7)cc6)n5)cc4)cc3)cc1C21CCCCC1. The van der Waals surface area contributed by atoms with Crippen molar-refractivity contribution in [3.8, 4) is 84.7 Å². The van der Waals surface area contributed by atoms with Gasteiger partial charge in [-0.2, -0.15) is 5.26 Å². The van der Waals surface area contributed by atoms with Crippen LogP contribution in [0.5, 0.6) is 0 Å². The number of rotatable bonds is 6. The smallest absolute Gasteiger partial charge is 0.164 e. The Kier molecular flexibility index (Phi) is 8.38.